The summed E-state index contributed by atoms with van der Waals surface area (Å²) < 4.78 is 0. The van der Waals surface area contributed by atoms with Gasteiger partial charge in [-0.05, 0) is 47.6 Å². The molecular weight excluding hydrogens is 284 g/mol. The van der Waals surface area contributed by atoms with Crippen molar-refractivity contribution in [3.8, 4) is 0 Å². The highest BCUT2D eigenvalue weighted by Crippen LogP contribution is 2.18. The third kappa shape index (κ3) is 3.84. The summed E-state index contributed by atoms with van der Waals surface area (Å²) >= 11 is 1.66. The number of piperazine rings is 1. The molecule has 0 spiro atoms. The first-order chi connectivity index (χ1) is 10.0. The summed E-state index contributed by atoms with van der Waals surface area (Å²) in [7, 11) is 0. The van der Waals surface area contributed by atoms with Gasteiger partial charge in [0.1, 0.15) is 12.1 Å². The second-order valence-electron chi connectivity index (χ2n) is 6.03. The van der Waals surface area contributed by atoms with Gasteiger partial charge in [-0.2, -0.15) is 11.3 Å². The third-order valence-corrected chi connectivity index (χ3v) is 4.62. The van der Waals surface area contributed by atoms with E-state index in [2.05, 4.69) is 30.6 Å². The van der Waals surface area contributed by atoms with Crippen molar-refractivity contribution in [1.82, 2.24) is 10.2 Å². The van der Waals surface area contributed by atoms with Crippen LogP contribution in [0.15, 0.2) is 16.8 Å². The van der Waals surface area contributed by atoms with Crippen LogP contribution >= 0.6 is 11.3 Å². The van der Waals surface area contributed by atoms with E-state index in [1.165, 1.54) is 5.56 Å². The zero-order chi connectivity index (χ0) is 15.4. The molecule has 0 aromatic carbocycles. The average Bonchev–Trinajstić information content (AvgIpc) is 2.93. The molecule has 1 N–H and O–H groups in total. The van der Waals surface area contributed by atoms with Crippen molar-refractivity contribution in [2.45, 2.75) is 52.1 Å². The predicted molar refractivity (Wildman–Crippen MR) is 85.2 cm³/mol. The summed E-state index contributed by atoms with van der Waals surface area (Å²) in [6, 6.07) is 1.40. The SMILES string of the molecule is CCC1C(=O)NC(CC(C)C)C(=O)N1CCc1ccsc1. The summed E-state index contributed by atoms with van der Waals surface area (Å²) in [5, 5.41) is 7.03. The first kappa shape index (κ1) is 16.0. The van der Waals surface area contributed by atoms with Gasteiger partial charge >= 0.3 is 0 Å². The molecule has 1 aromatic heterocycles. The fourth-order valence-corrected chi connectivity index (χ4v) is 3.52. The quantitative estimate of drug-likeness (QED) is 0.877. The molecule has 2 unspecified atom stereocenters. The molecule has 0 saturated carbocycles. The summed E-state index contributed by atoms with van der Waals surface area (Å²) in [4.78, 5) is 26.7. The lowest BCUT2D eigenvalue weighted by molar-refractivity contribution is -0.149. The van der Waals surface area contributed by atoms with Crippen molar-refractivity contribution in [2.24, 2.45) is 5.92 Å². The Bertz CT molecular complexity index is 484. The van der Waals surface area contributed by atoms with Gasteiger partial charge in [0.05, 0.1) is 0 Å². The van der Waals surface area contributed by atoms with Gasteiger partial charge in [0.25, 0.3) is 0 Å². The van der Waals surface area contributed by atoms with Crippen molar-refractivity contribution in [2.75, 3.05) is 6.54 Å². The van der Waals surface area contributed by atoms with E-state index >= 15 is 0 Å². The normalized spacial score (nSPS) is 22.8. The minimum Gasteiger partial charge on any atom is -0.342 e. The molecule has 5 heteroatoms. The van der Waals surface area contributed by atoms with Gasteiger partial charge in [-0.15, -0.1) is 0 Å². The second kappa shape index (κ2) is 7.07. The molecule has 1 fully saturated rings. The van der Waals surface area contributed by atoms with E-state index in [1.54, 1.807) is 16.2 Å². The van der Waals surface area contributed by atoms with Crippen LogP contribution in [-0.2, 0) is 16.0 Å². The standard InChI is InChI=1S/C16H24N2O2S/c1-4-14-15(19)17-13(9-11(2)3)16(20)18(14)7-5-12-6-8-21-10-12/h6,8,10-11,13-14H,4-5,7,9H2,1-3H3,(H,17,19). The van der Waals surface area contributed by atoms with E-state index in [9.17, 15) is 9.59 Å². The van der Waals surface area contributed by atoms with Crippen molar-refractivity contribution in [3.05, 3.63) is 22.4 Å². The topological polar surface area (TPSA) is 49.4 Å². The zero-order valence-corrected chi connectivity index (χ0v) is 13.8. The lowest BCUT2D eigenvalue weighted by atomic mass is 9.97. The summed E-state index contributed by atoms with van der Waals surface area (Å²) in [6.45, 7) is 6.72. The minimum atomic E-state index is -0.359. The lowest BCUT2D eigenvalue weighted by Crippen LogP contribution is -2.63. The fourth-order valence-electron chi connectivity index (χ4n) is 2.81. The van der Waals surface area contributed by atoms with Crippen LogP contribution in [0.3, 0.4) is 0 Å². The molecule has 1 aliphatic rings. The zero-order valence-electron chi connectivity index (χ0n) is 13.0. The van der Waals surface area contributed by atoms with Gasteiger partial charge < -0.3 is 10.2 Å². The highest BCUT2D eigenvalue weighted by atomic mass is 32.1. The first-order valence-corrected chi connectivity index (χ1v) is 8.59. The van der Waals surface area contributed by atoms with Gasteiger partial charge in [-0.25, -0.2) is 0 Å². The largest absolute Gasteiger partial charge is 0.342 e. The lowest BCUT2D eigenvalue weighted by Gasteiger charge is -2.39. The van der Waals surface area contributed by atoms with Crippen LogP contribution in [0.4, 0.5) is 0 Å². The fraction of sp³-hybridized carbons (Fsp3) is 0.625. The number of nitrogens with one attached hydrogen (secondary N) is 1. The van der Waals surface area contributed by atoms with Crippen molar-refractivity contribution >= 4 is 23.2 Å². The molecule has 2 heterocycles. The molecule has 2 amide bonds. The van der Waals surface area contributed by atoms with Crippen LogP contribution in [0.1, 0.15) is 39.2 Å². The Morgan fingerprint density at radius 2 is 2.14 bits per heavy atom. The molecule has 21 heavy (non-hydrogen) atoms. The van der Waals surface area contributed by atoms with E-state index in [4.69, 9.17) is 0 Å². The van der Waals surface area contributed by atoms with Crippen LogP contribution in [0.5, 0.6) is 0 Å². The Balaban J connectivity index is 2.08. The van der Waals surface area contributed by atoms with Crippen LogP contribution in [0.25, 0.3) is 0 Å². The molecule has 2 atom stereocenters. The molecule has 1 saturated heterocycles. The molecule has 4 nitrogen and oxygen atoms in total. The molecule has 116 valence electrons. The third-order valence-electron chi connectivity index (χ3n) is 3.89. The van der Waals surface area contributed by atoms with E-state index in [0.717, 1.165) is 6.42 Å². The number of amides is 2. The maximum Gasteiger partial charge on any atom is 0.245 e. The number of carbonyl (C=O) groups excluding carboxylic acids is 2. The number of thiophene rings is 1. The van der Waals surface area contributed by atoms with Gasteiger partial charge in [-0.3, -0.25) is 9.59 Å². The average molecular weight is 308 g/mol. The van der Waals surface area contributed by atoms with Gasteiger partial charge in [0.2, 0.25) is 11.8 Å². The Morgan fingerprint density at radius 1 is 1.38 bits per heavy atom. The number of rotatable bonds is 6. The Kier molecular flexibility index (Phi) is 5.39. The summed E-state index contributed by atoms with van der Waals surface area (Å²) in [6.07, 6.45) is 2.18. The maximum atomic E-state index is 12.6. The van der Waals surface area contributed by atoms with Crippen molar-refractivity contribution in [3.63, 3.8) is 0 Å². The van der Waals surface area contributed by atoms with E-state index in [1.807, 2.05) is 12.3 Å². The van der Waals surface area contributed by atoms with Crippen molar-refractivity contribution < 1.29 is 9.59 Å². The Labute approximate surface area is 130 Å². The summed E-state index contributed by atoms with van der Waals surface area (Å²) in [5.74, 6) is 0.453. The molecule has 0 aliphatic carbocycles. The minimum absolute atomic E-state index is 0.00642. The first-order valence-electron chi connectivity index (χ1n) is 7.64. The van der Waals surface area contributed by atoms with Gasteiger partial charge in [0, 0.05) is 6.54 Å². The van der Waals surface area contributed by atoms with E-state index in [-0.39, 0.29) is 23.9 Å². The monoisotopic (exact) mass is 308 g/mol. The van der Waals surface area contributed by atoms with E-state index in [0.29, 0.717) is 25.3 Å². The molecular formula is C16H24N2O2S. The summed E-state index contributed by atoms with van der Waals surface area (Å²) in [5.41, 5.74) is 1.23. The van der Waals surface area contributed by atoms with Crippen LogP contribution in [-0.4, -0.2) is 35.3 Å². The van der Waals surface area contributed by atoms with Gasteiger partial charge in [-0.1, -0.05) is 20.8 Å². The van der Waals surface area contributed by atoms with Gasteiger partial charge in [0.15, 0.2) is 0 Å². The Morgan fingerprint density at radius 3 is 2.71 bits per heavy atom. The van der Waals surface area contributed by atoms with E-state index < -0.39 is 0 Å². The highest BCUT2D eigenvalue weighted by molar-refractivity contribution is 7.07. The maximum absolute atomic E-state index is 12.6. The van der Waals surface area contributed by atoms with Crippen LogP contribution in [0.2, 0.25) is 0 Å². The number of hydrogen-bond donors (Lipinski definition) is 1. The Hall–Kier alpha value is -1.36. The highest BCUT2D eigenvalue weighted by Gasteiger charge is 2.39. The molecule has 0 bridgehead atoms. The molecule has 1 aliphatic heterocycles. The smallest absolute Gasteiger partial charge is 0.245 e. The van der Waals surface area contributed by atoms with Crippen molar-refractivity contribution in [1.29, 1.82) is 0 Å². The predicted octanol–water partition coefficient (Wildman–Crippen LogP) is 2.44. The molecule has 2 rings (SSSR count). The second-order valence-corrected chi connectivity index (χ2v) is 6.81. The number of hydrogen-bond acceptors (Lipinski definition) is 3. The number of nitrogens with zero attached hydrogens (tertiary/aromatic N) is 1. The molecule has 1 aromatic rings. The number of carbonyl (C=O) groups is 2. The van der Waals surface area contributed by atoms with Crippen LogP contribution < -0.4 is 5.32 Å². The van der Waals surface area contributed by atoms with Crippen LogP contribution in [0, 0.1) is 5.92 Å². The molecule has 0 radical (unpaired) electrons.